The third-order valence-electron chi connectivity index (χ3n) is 4.21. The van der Waals surface area contributed by atoms with Crippen LogP contribution in [0.15, 0.2) is 24.3 Å². The number of carbonyl (C=O) groups is 2. The van der Waals surface area contributed by atoms with Crippen LogP contribution in [0, 0.1) is 5.92 Å². The molecule has 2 aliphatic rings. The predicted octanol–water partition coefficient (Wildman–Crippen LogP) is 0.975. The second kappa shape index (κ2) is 5.76. The van der Waals surface area contributed by atoms with E-state index in [9.17, 15) is 9.59 Å². The molecule has 1 N–H and O–H groups in total. The largest absolute Gasteiger partial charge is 0.497 e. The van der Waals surface area contributed by atoms with Crippen molar-refractivity contribution in [3.8, 4) is 5.75 Å². The third-order valence-corrected chi connectivity index (χ3v) is 4.21. The molecule has 2 fully saturated rings. The number of hydrogen-bond acceptors (Lipinski definition) is 3. The minimum absolute atomic E-state index is 0.00632. The number of rotatable bonds is 5. The Labute approximate surface area is 124 Å². The first-order valence-electron chi connectivity index (χ1n) is 7.39. The van der Waals surface area contributed by atoms with Crippen LogP contribution in [0.4, 0.5) is 0 Å². The van der Waals surface area contributed by atoms with Crippen molar-refractivity contribution < 1.29 is 14.3 Å². The number of ether oxygens (including phenoxy) is 1. The van der Waals surface area contributed by atoms with E-state index in [0.29, 0.717) is 12.5 Å². The highest BCUT2D eigenvalue weighted by Gasteiger charge is 2.44. The molecule has 112 valence electrons. The summed E-state index contributed by atoms with van der Waals surface area (Å²) in [6.45, 7) is 0.727. The highest BCUT2D eigenvalue weighted by atomic mass is 16.5. The lowest BCUT2D eigenvalue weighted by atomic mass is 10.1. The molecule has 5 heteroatoms. The van der Waals surface area contributed by atoms with Gasteiger partial charge in [0, 0.05) is 6.54 Å². The number of benzene rings is 1. The van der Waals surface area contributed by atoms with Gasteiger partial charge in [-0.3, -0.25) is 9.59 Å². The van der Waals surface area contributed by atoms with Gasteiger partial charge in [0.1, 0.15) is 11.8 Å². The highest BCUT2D eigenvalue weighted by molar-refractivity contribution is 5.95. The van der Waals surface area contributed by atoms with Crippen molar-refractivity contribution in [2.75, 3.05) is 20.2 Å². The van der Waals surface area contributed by atoms with E-state index in [1.54, 1.807) is 12.0 Å². The van der Waals surface area contributed by atoms with Gasteiger partial charge in [0.2, 0.25) is 11.8 Å². The van der Waals surface area contributed by atoms with E-state index in [2.05, 4.69) is 5.32 Å². The maximum absolute atomic E-state index is 12.1. The van der Waals surface area contributed by atoms with E-state index < -0.39 is 0 Å². The molecule has 1 heterocycles. The van der Waals surface area contributed by atoms with Gasteiger partial charge >= 0.3 is 0 Å². The molecule has 1 aliphatic heterocycles. The zero-order valence-corrected chi connectivity index (χ0v) is 12.2. The predicted molar refractivity (Wildman–Crippen MR) is 77.9 cm³/mol. The van der Waals surface area contributed by atoms with E-state index in [0.717, 1.165) is 30.6 Å². The Kier molecular flexibility index (Phi) is 3.82. The number of carbonyl (C=O) groups excluding carboxylic acids is 2. The quantitative estimate of drug-likeness (QED) is 0.878. The van der Waals surface area contributed by atoms with Gasteiger partial charge < -0.3 is 15.0 Å². The number of nitrogens with zero attached hydrogens (tertiary/aromatic N) is 1. The maximum atomic E-state index is 12.1. The third kappa shape index (κ3) is 3.01. The number of nitrogens with one attached hydrogen (secondary N) is 1. The van der Waals surface area contributed by atoms with Gasteiger partial charge in [-0.15, -0.1) is 0 Å². The van der Waals surface area contributed by atoms with Crippen LogP contribution >= 0.6 is 0 Å². The molecule has 1 unspecified atom stereocenters. The molecule has 0 aromatic heterocycles. The normalized spacial score (nSPS) is 22.1. The molecule has 5 nitrogen and oxygen atoms in total. The van der Waals surface area contributed by atoms with Gasteiger partial charge in [-0.2, -0.15) is 0 Å². The molecule has 0 spiro atoms. The molecular formula is C16H20N2O3. The number of methoxy groups -OCH3 is 1. The SMILES string of the molecule is COc1ccc(CCN2C(=O)CNC(=O)C2C2CC2)cc1. The summed E-state index contributed by atoms with van der Waals surface area (Å²) >= 11 is 0. The fourth-order valence-electron chi connectivity index (χ4n) is 2.85. The topological polar surface area (TPSA) is 58.6 Å². The standard InChI is InChI=1S/C16H20N2O3/c1-21-13-6-2-11(3-7-13)8-9-18-14(19)10-17-16(20)15(18)12-4-5-12/h2-3,6-7,12,15H,4-5,8-10H2,1H3,(H,17,20). The zero-order valence-electron chi connectivity index (χ0n) is 12.2. The van der Waals surface area contributed by atoms with Gasteiger partial charge in [-0.1, -0.05) is 12.1 Å². The summed E-state index contributed by atoms with van der Waals surface area (Å²) in [5.41, 5.74) is 1.14. The van der Waals surface area contributed by atoms with Gasteiger partial charge in [-0.05, 0) is 42.9 Å². The fraction of sp³-hybridized carbons (Fsp3) is 0.500. The molecule has 0 radical (unpaired) electrons. The summed E-state index contributed by atoms with van der Waals surface area (Å²) in [5, 5.41) is 2.70. The fourth-order valence-corrected chi connectivity index (χ4v) is 2.85. The minimum atomic E-state index is -0.260. The second-order valence-corrected chi connectivity index (χ2v) is 5.69. The van der Waals surface area contributed by atoms with Crippen LogP contribution in [0.3, 0.4) is 0 Å². The molecule has 1 saturated heterocycles. The molecule has 3 rings (SSSR count). The van der Waals surface area contributed by atoms with Crippen LogP contribution < -0.4 is 10.1 Å². The van der Waals surface area contributed by atoms with Gasteiger partial charge in [0.15, 0.2) is 0 Å². The Bertz CT molecular complexity index is 537. The van der Waals surface area contributed by atoms with Crippen molar-refractivity contribution in [1.82, 2.24) is 10.2 Å². The van der Waals surface area contributed by atoms with Crippen molar-refractivity contribution in [2.24, 2.45) is 5.92 Å². The number of amides is 2. The lowest BCUT2D eigenvalue weighted by Gasteiger charge is -2.35. The summed E-state index contributed by atoms with van der Waals surface area (Å²) in [6.07, 6.45) is 2.85. The smallest absolute Gasteiger partial charge is 0.243 e. The molecule has 2 amide bonds. The van der Waals surface area contributed by atoms with Gasteiger partial charge in [-0.25, -0.2) is 0 Å². The summed E-state index contributed by atoms with van der Waals surface area (Å²) in [6, 6.07) is 7.57. The maximum Gasteiger partial charge on any atom is 0.243 e. The van der Waals surface area contributed by atoms with E-state index in [1.165, 1.54) is 0 Å². The van der Waals surface area contributed by atoms with Crippen LogP contribution in [0.5, 0.6) is 5.75 Å². The van der Waals surface area contributed by atoms with E-state index >= 15 is 0 Å². The molecule has 1 aliphatic carbocycles. The monoisotopic (exact) mass is 288 g/mol. The second-order valence-electron chi connectivity index (χ2n) is 5.69. The van der Waals surface area contributed by atoms with Crippen molar-refractivity contribution in [3.63, 3.8) is 0 Å². The first kappa shape index (κ1) is 13.9. The van der Waals surface area contributed by atoms with Crippen LogP contribution in [0.25, 0.3) is 0 Å². The first-order valence-corrected chi connectivity index (χ1v) is 7.39. The average Bonchev–Trinajstić information content (AvgIpc) is 3.33. The first-order chi connectivity index (χ1) is 10.2. The van der Waals surface area contributed by atoms with Crippen molar-refractivity contribution in [2.45, 2.75) is 25.3 Å². The summed E-state index contributed by atoms with van der Waals surface area (Å²) < 4.78 is 5.13. The lowest BCUT2D eigenvalue weighted by molar-refractivity contribution is -0.146. The minimum Gasteiger partial charge on any atom is -0.497 e. The van der Waals surface area contributed by atoms with E-state index in [-0.39, 0.29) is 24.4 Å². The molecule has 1 saturated carbocycles. The van der Waals surface area contributed by atoms with Crippen molar-refractivity contribution in [3.05, 3.63) is 29.8 Å². The van der Waals surface area contributed by atoms with Crippen LogP contribution in [0.2, 0.25) is 0 Å². The van der Waals surface area contributed by atoms with E-state index in [1.807, 2.05) is 24.3 Å². The lowest BCUT2D eigenvalue weighted by Crippen LogP contribution is -2.59. The van der Waals surface area contributed by atoms with Gasteiger partial charge in [0.25, 0.3) is 0 Å². The molecule has 1 aromatic rings. The molecule has 1 atom stereocenters. The molecule has 1 aromatic carbocycles. The Morgan fingerprint density at radius 2 is 1.95 bits per heavy atom. The van der Waals surface area contributed by atoms with Crippen LogP contribution in [0.1, 0.15) is 18.4 Å². The summed E-state index contributed by atoms with van der Waals surface area (Å²) in [5.74, 6) is 1.21. The summed E-state index contributed by atoms with van der Waals surface area (Å²) in [7, 11) is 1.64. The molecular weight excluding hydrogens is 268 g/mol. The molecule has 0 bridgehead atoms. The van der Waals surface area contributed by atoms with E-state index in [4.69, 9.17) is 4.74 Å². The number of hydrogen-bond donors (Lipinski definition) is 1. The Hall–Kier alpha value is -2.04. The Morgan fingerprint density at radius 1 is 1.24 bits per heavy atom. The Morgan fingerprint density at radius 3 is 2.57 bits per heavy atom. The van der Waals surface area contributed by atoms with Crippen LogP contribution in [-0.4, -0.2) is 43.0 Å². The van der Waals surface area contributed by atoms with Crippen LogP contribution in [-0.2, 0) is 16.0 Å². The van der Waals surface area contributed by atoms with Crippen molar-refractivity contribution in [1.29, 1.82) is 0 Å². The molecule has 21 heavy (non-hydrogen) atoms. The van der Waals surface area contributed by atoms with Crippen molar-refractivity contribution >= 4 is 11.8 Å². The Balaban J connectivity index is 1.66. The average molecular weight is 288 g/mol. The van der Waals surface area contributed by atoms with Gasteiger partial charge in [0.05, 0.1) is 13.7 Å². The highest BCUT2D eigenvalue weighted by Crippen LogP contribution is 2.36. The number of piperazine rings is 1. The zero-order chi connectivity index (χ0) is 14.8. The summed E-state index contributed by atoms with van der Waals surface area (Å²) in [4.78, 5) is 25.9.